The summed E-state index contributed by atoms with van der Waals surface area (Å²) in [4.78, 5) is 56.9. The summed E-state index contributed by atoms with van der Waals surface area (Å²) >= 11 is 0. The maximum absolute atomic E-state index is 13.8. The number of benzene rings is 2. The van der Waals surface area contributed by atoms with Crippen LogP contribution in [0.5, 0.6) is 0 Å². The minimum Gasteiger partial charge on any atom is -0.463 e. The van der Waals surface area contributed by atoms with Gasteiger partial charge >= 0.3 is 23.5 Å². The van der Waals surface area contributed by atoms with Crippen LogP contribution in [0.4, 0.5) is 0 Å². The largest absolute Gasteiger partial charge is 0.463 e. The molecule has 0 bridgehead atoms. The zero-order chi connectivity index (χ0) is 29.1. The van der Waals surface area contributed by atoms with Crippen molar-refractivity contribution in [1.82, 2.24) is 14.5 Å². The molecule has 0 unspecified atom stereocenters. The first-order valence-electron chi connectivity index (χ1n) is 13.0. The number of fused-ring (bicyclic) bond motifs is 1. The number of carbonyl (C=O) groups excluding carboxylic acids is 3. The molecule has 12 nitrogen and oxygen atoms in total. The molecule has 12 heteroatoms. The number of hydrogen-bond acceptors (Lipinski definition) is 9. The smallest absolute Gasteiger partial charge is 0.339 e. The van der Waals surface area contributed by atoms with E-state index in [1.54, 1.807) is 6.33 Å². The van der Waals surface area contributed by atoms with E-state index in [2.05, 4.69) is 9.97 Å². The number of imidazole rings is 1. The highest BCUT2D eigenvalue weighted by molar-refractivity contribution is 5.68. The maximum Gasteiger partial charge on any atom is 0.339 e. The van der Waals surface area contributed by atoms with Crippen molar-refractivity contribution in [1.29, 1.82) is 0 Å². The molecule has 0 saturated carbocycles. The van der Waals surface area contributed by atoms with Crippen molar-refractivity contribution in [3.05, 3.63) is 94.8 Å². The number of ether oxygens (including phenoxy) is 4. The van der Waals surface area contributed by atoms with E-state index in [0.29, 0.717) is 5.65 Å². The predicted octanol–water partition coefficient (Wildman–Crippen LogP) is 1.97. The van der Waals surface area contributed by atoms with Crippen molar-refractivity contribution >= 4 is 29.1 Å². The van der Waals surface area contributed by atoms with Gasteiger partial charge in [-0.15, -0.1) is 0 Å². The van der Waals surface area contributed by atoms with Gasteiger partial charge in [-0.25, -0.2) is 9.36 Å². The molecule has 1 saturated heterocycles. The first kappa shape index (κ1) is 27.7. The van der Waals surface area contributed by atoms with Crippen LogP contribution < -0.4 is 10.1 Å². The number of rotatable bonds is 8. The van der Waals surface area contributed by atoms with Crippen molar-refractivity contribution < 1.29 is 37.9 Å². The van der Waals surface area contributed by atoms with Crippen LogP contribution in [-0.4, -0.2) is 57.4 Å². The quantitative estimate of drug-likeness (QED) is 0.194. The van der Waals surface area contributed by atoms with Crippen LogP contribution in [0.25, 0.3) is 11.2 Å². The predicted molar refractivity (Wildman–Crippen MR) is 142 cm³/mol. The molecule has 0 aliphatic carbocycles. The lowest BCUT2D eigenvalue weighted by Crippen LogP contribution is -2.48. The minimum atomic E-state index is -1.23. The van der Waals surface area contributed by atoms with Gasteiger partial charge in [0.25, 0.3) is 5.65 Å². The van der Waals surface area contributed by atoms with Crippen LogP contribution in [-0.2, 0) is 33.3 Å². The van der Waals surface area contributed by atoms with Crippen LogP contribution in [0.2, 0.25) is 0 Å². The van der Waals surface area contributed by atoms with E-state index in [1.165, 1.54) is 31.7 Å². The molecule has 1 fully saturated rings. The van der Waals surface area contributed by atoms with E-state index in [4.69, 9.17) is 18.9 Å². The topological polar surface area (TPSA) is 143 Å². The van der Waals surface area contributed by atoms with E-state index < -0.39 is 54.0 Å². The van der Waals surface area contributed by atoms with Gasteiger partial charge in [0.2, 0.25) is 17.8 Å². The third-order valence-electron chi connectivity index (χ3n) is 6.68. The summed E-state index contributed by atoms with van der Waals surface area (Å²) in [7, 11) is 0. The molecule has 0 amide bonds. The lowest BCUT2D eigenvalue weighted by Gasteiger charge is -2.23. The van der Waals surface area contributed by atoms with Crippen molar-refractivity contribution in [2.24, 2.45) is 0 Å². The fraction of sp³-hybridized carbons (Fsp3) is 0.310. The number of nitrogens with one attached hydrogen (secondary N) is 1. The summed E-state index contributed by atoms with van der Waals surface area (Å²) < 4.78 is 25.4. The Bertz CT molecular complexity index is 1580. The van der Waals surface area contributed by atoms with Gasteiger partial charge in [-0.05, 0) is 11.1 Å². The average molecular weight is 562 g/mol. The number of aromatic nitrogens is 4. The van der Waals surface area contributed by atoms with Gasteiger partial charge in [-0.1, -0.05) is 65.6 Å². The van der Waals surface area contributed by atoms with E-state index in [-0.39, 0.29) is 12.1 Å². The summed E-state index contributed by atoms with van der Waals surface area (Å²) in [5.74, 6) is -1.92. The molecule has 1 aliphatic rings. The van der Waals surface area contributed by atoms with Crippen molar-refractivity contribution in [3.8, 4) is 0 Å². The van der Waals surface area contributed by atoms with Crippen LogP contribution in [0.15, 0.2) is 78.1 Å². The van der Waals surface area contributed by atoms with E-state index in [0.717, 1.165) is 11.1 Å². The highest BCUT2D eigenvalue weighted by Crippen LogP contribution is 2.34. The average Bonchev–Trinajstić information content (AvgIpc) is 3.56. The van der Waals surface area contributed by atoms with Crippen LogP contribution >= 0.6 is 0 Å². The first-order valence-corrected chi connectivity index (χ1v) is 13.0. The fourth-order valence-corrected chi connectivity index (χ4v) is 5.08. The SMILES string of the molecule is CC(=O)OC[C@H]1O[C@@H](n2c[n+](C(c3ccccc3)c3ccccc3)c3nc[nH]c3c2=O)[C@H](OC(C)=O)[C@@H]1OC(C)=O. The Hall–Kier alpha value is -4.84. The van der Waals surface area contributed by atoms with Crippen molar-refractivity contribution in [2.45, 2.75) is 51.4 Å². The lowest BCUT2D eigenvalue weighted by atomic mass is 9.98. The number of carbonyl (C=O) groups is 3. The highest BCUT2D eigenvalue weighted by atomic mass is 16.7. The summed E-state index contributed by atoms with van der Waals surface area (Å²) in [6, 6.07) is 19.0. The van der Waals surface area contributed by atoms with Gasteiger partial charge < -0.3 is 23.9 Å². The van der Waals surface area contributed by atoms with Gasteiger partial charge in [0, 0.05) is 20.8 Å². The molecule has 41 heavy (non-hydrogen) atoms. The zero-order valence-electron chi connectivity index (χ0n) is 22.6. The van der Waals surface area contributed by atoms with Crippen LogP contribution in [0.1, 0.15) is 44.2 Å². The Morgan fingerprint density at radius 3 is 2.07 bits per heavy atom. The summed E-state index contributed by atoms with van der Waals surface area (Å²) in [6.07, 6.45) is -1.66. The maximum atomic E-state index is 13.8. The molecule has 3 heterocycles. The molecule has 0 spiro atoms. The third kappa shape index (κ3) is 5.73. The summed E-state index contributed by atoms with van der Waals surface area (Å²) in [5.41, 5.74) is 1.91. The van der Waals surface area contributed by atoms with Crippen molar-refractivity contribution in [2.75, 3.05) is 6.61 Å². The molecular weight excluding hydrogens is 532 g/mol. The molecule has 4 aromatic rings. The Morgan fingerprint density at radius 2 is 1.51 bits per heavy atom. The normalized spacial score (nSPS) is 20.2. The number of nitrogens with zero attached hydrogens (tertiary/aromatic N) is 3. The zero-order valence-corrected chi connectivity index (χ0v) is 22.6. The molecule has 2 aromatic heterocycles. The fourth-order valence-electron chi connectivity index (χ4n) is 5.08. The van der Waals surface area contributed by atoms with Gasteiger partial charge in [0.15, 0.2) is 18.8 Å². The molecule has 5 rings (SSSR count). The molecular formula is C29H29N4O8+. The standard InChI is InChI=1S/C29H28N4O8/c1-17(34)38-14-22-25(39-18(2)35)26(40-19(3)36)29(41-22)33-16-32(27-23(28(33)37)30-15-31-27)24(20-10-6-4-7-11-20)21-12-8-5-9-13-21/h4-13,15-16,22,24-26,29H,14H2,1-3H3/p+1/t22-,25-,26-,29-/m1/s1. The van der Waals surface area contributed by atoms with Gasteiger partial charge in [0.1, 0.15) is 18.8 Å². The molecule has 1 aliphatic heterocycles. The number of esters is 3. The molecule has 0 radical (unpaired) electrons. The number of hydrogen-bond donors (Lipinski definition) is 1. The molecule has 4 atom stereocenters. The number of H-pyrrole nitrogens is 1. The highest BCUT2D eigenvalue weighted by Gasteiger charge is 2.53. The van der Waals surface area contributed by atoms with E-state index in [9.17, 15) is 19.2 Å². The van der Waals surface area contributed by atoms with Crippen LogP contribution in [0, 0.1) is 0 Å². The van der Waals surface area contributed by atoms with Gasteiger partial charge in [-0.3, -0.25) is 14.4 Å². The first-order chi connectivity index (χ1) is 19.7. The summed E-state index contributed by atoms with van der Waals surface area (Å²) in [6.45, 7) is 3.33. The van der Waals surface area contributed by atoms with Gasteiger partial charge in [-0.2, -0.15) is 4.57 Å². The second-order valence-electron chi connectivity index (χ2n) is 9.58. The summed E-state index contributed by atoms with van der Waals surface area (Å²) in [5, 5.41) is 0. The third-order valence-corrected chi connectivity index (χ3v) is 6.68. The lowest BCUT2D eigenvalue weighted by molar-refractivity contribution is -0.686. The van der Waals surface area contributed by atoms with Crippen molar-refractivity contribution in [3.63, 3.8) is 0 Å². The monoisotopic (exact) mass is 561 g/mol. The Balaban J connectivity index is 1.70. The number of aromatic amines is 1. The molecule has 2 aromatic carbocycles. The van der Waals surface area contributed by atoms with E-state index in [1.807, 2.05) is 65.2 Å². The molecule has 212 valence electrons. The second-order valence-corrected chi connectivity index (χ2v) is 9.58. The van der Waals surface area contributed by atoms with Gasteiger partial charge in [0.05, 0.1) is 0 Å². The Morgan fingerprint density at radius 1 is 0.927 bits per heavy atom. The second kappa shape index (κ2) is 11.7. The molecule has 1 N–H and O–H groups in total. The van der Waals surface area contributed by atoms with E-state index >= 15 is 0 Å². The minimum absolute atomic E-state index is 0.182. The Labute approximate surface area is 234 Å². The Kier molecular flexibility index (Phi) is 7.92. The van der Waals surface area contributed by atoms with Crippen LogP contribution in [0.3, 0.4) is 0 Å².